The zero-order valence-corrected chi connectivity index (χ0v) is 20.8. The SMILES string of the molecule is COCC(=O)N1C[C@H](C)[C@H](OC)CN(C)C(=O)c2ccc(NC(=O)C3CCC3)cc2OC[C@H]1C. The summed E-state index contributed by atoms with van der Waals surface area (Å²) in [4.78, 5) is 41.8. The summed E-state index contributed by atoms with van der Waals surface area (Å²) in [5.74, 6) is 0.0565. The molecule has 0 aromatic heterocycles. The van der Waals surface area contributed by atoms with E-state index in [4.69, 9.17) is 14.2 Å². The van der Waals surface area contributed by atoms with E-state index >= 15 is 0 Å². The van der Waals surface area contributed by atoms with Gasteiger partial charge in [0.1, 0.15) is 19.0 Å². The number of carbonyl (C=O) groups is 3. The first kappa shape index (κ1) is 26.0. The van der Waals surface area contributed by atoms with Crippen molar-refractivity contribution in [2.75, 3.05) is 52.9 Å². The molecule has 0 bridgehead atoms. The number of fused-ring (bicyclic) bond motifs is 1. The van der Waals surface area contributed by atoms with Crippen LogP contribution in [0.3, 0.4) is 0 Å². The topological polar surface area (TPSA) is 97.4 Å². The molecule has 0 radical (unpaired) electrons. The molecule has 1 heterocycles. The number of likely N-dealkylation sites (N-methyl/N-ethyl adjacent to an activating group) is 1. The zero-order valence-electron chi connectivity index (χ0n) is 20.8. The molecule has 1 fully saturated rings. The molecule has 9 heteroatoms. The van der Waals surface area contributed by atoms with Crippen LogP contribution in [0.25, 0.3) is 0 Å². The molecule has 188 valence electrons. The van der Waals surface area contributed by atoms with Gasteiger partial charge < -0.3 is 29.3 Å². The number of nitrogens with zero attached hydrogens (tertiary/aromatic N) is 2. The molecule has 1 aliphatic carbocycles. The maximum atomic E-state index is 13.3. The molecule has 0 spiro atoms. The van der Waals surface area contributed by atoms with Crippen LogP contribution in [-0.4, -0.2) is 87.2 Å². The van der Waals surface area contributed by atoms with Crippen LogP contribution in [-0.2, 0) is 19.1 Å². The minimum atomic E-state index is -0.268. The van der Waals surface area contributed by atoms with Crippen LogP contribution in [0.4, 0.5) is 5.69 Å². The molecule has 1 aliphatic heterocycles. The highest BCUT2D eigenvalue weighted by Gasteiger charge is 2.31. The van der Waals surface area contributed by atoms with Crippen molar-refractivity contribution in [3.8, 4) is 5.75 Å². The summed E-state index contributed by atoms with van der Waals surface area (Å²) in [7, 11) is 4.83. The van der Waals surface area contributed by atoms with E-state index in [1.165, 1.54) is 7.11 Å². The molecule has 9 nitrogen and oxygen atoms in total. The fourth-order valence-electron chi connectivity index (χ4n) is 4.32. The summed E-state index contributed by atoms with van der Waals surface area (Å²) in [5, 5.41) is 2.94. The largest absolute Gasteiger partial charge is 0.491 e. The number of hydrogen-bond donors (Lipinski definition) is 1. The molecule has 34 heavy (non-hydrogen) atoms. The lowest BCUT2D eigenvalue weighted by molar-refractivity contribution is -0.139. The van der Waals surface area contributed by atoms with Crippen molar-refractivity contribution in [2.24, 2.45) is 11.8 Å². The number of amides is 3. The third-order valence-corrected chi connectivity index (χ3v) is 6.78. The van der Waals surface area contributed by atoms with Crippen LogP contribution in [0.15, 0.2) is 18.2 Å². The monoisotopic (exact) mass is 475 g/mol. The highest BCUT2D eigenvalue weighted by molar-refractivity contribution is 5.99. The van der Waals surface area contributed by atoms with Gasteiger partial charge in [0.15, 0.2) is 0 Å². The summed E-state index contributed by atoms with van der Waals surface area (Å²) in [5.41, 5.74) is 0.982. The van der Waals surface area contributed by atoms with Gasteiger partial charge in [-0.25, -0.2) is 0 Å². The highest BCUT2D eigenvalue weighted by atomic mass is 16.5. The summed E-state index contributed by atoms with van der Waals surface area (Å²) >= 11 is 0. The second kappa shape index (κ2) is 11.7. The van der Waals surface area contributed by atoms with Gasteiger partial charge in [-0.05, 0) is 31.9 Å². The second-order valence-corrected chi connectivity index (χ2v) is 9.40. The van der Waals surface area contributed by atoms with Gasteiger partial charge in [0, 0.05) is 57.9 Å². The van der Waals surface area contributed by atoms with Crippen molar-refractivity contribution in [1.82, 2.24) is 9.80 Å². The average molecular weight is 476 g/mol. The van der Waals surface area contributed by atoms with Gasteiger partial charge in [-0.1, -0.05) is 13.3 Å². The van der Waals surface area contributed by atoms with Crippen molar-refractivity contribution in [3.63, 3.8) is 0 Å². The number of methoxy groups -OCH3 is 2. The van der Waals surface area contributed by atoms with Gasteiger partial charge in [0.05, 0.1) is 17.7 Å². The average Bonchev–Trinajstić information content (AvgIpc) is 2.77. The summed E-state index contributed by atoms with van der Waals surface area (Å²) < 4.78 is 16.9. The molecule has 0 unspecified atom stereocenters. The molecule has 1 aromatic rings. The van der Waals surface area contributed by atoms with E-state index in [1.807, 2.05) is 13.8 Å². The number of carbonyl (C=O) groups excluding carboxylic acids is 3. The minimum Gasteiger partial charge on any atom is -0.491 e. The van der Waals surface area contributed by atoms with Crippen molar-refractivity contribution in [1.29, 1.82) is 0 Å². The van der Waals surface area contributed by atoms with Gasteiger partial charge in [-0.15, -0.1) is 0 Å². The molecule has 1 N–H and O–H groups in total. The Bertz CT molecular complexity index is 887. The number of rotatable bonds is 5. The van der Waals surface area contributed by atoms with E-state index < -0.39 is 0 Å². The molecular weight excluding hydrogens is 438 g/mol. The lowest BCUT2D eigenvalue weighted by Gasteiger charge is -2.36. The first-order valence-electron chi connectivity index (χ1n) is 11.9. The predicted octanol–water partition coefficient (Wildman–Crippen LogP) is 2.40. The quantitative estimate of drug-likeness (QED) is 0.703. The molecule has 2 aliphatic rings. The Kier molecular flexibility index (Phi) is 8.90. The molecular formula is C25H37N3O6. The Morgan fingerprint density at radius 2 is 1.91 bits per heavy atom. The van der Waals surface area contributed by atoms with E-state index in [0.717, 1.165) is 19.3 Å². The number of hydrogen-bond acceptors (Lipinski definition) is 6. The van der Waals surface area contributed by atoms with Crippen molar-refractivity contribution in [2.45, 2.75) is 45.3 Å². The summed E-state index contributed by atoms with van der Waals surface area (Å²) in [6.45, 7) is 4.87. The number of benzene rings is 1. The second-order valence-electron chi connectivity index (χ2n) is 9.40. The van der Waals surface area contributed by atoms with Crippen LogP contribution >= 0.6 is 0 Å². The van der Waals surface area contributed by atoms with Gasteiger partial charge >= 0.3 is 0 Å². The van der Waals surface area contributed by atoms with Gasteiger partial charge in [0.25, 0.3) is 5.91 Å². The Morgan fingerprint density at radius 1 is 1.18 bits per heavy atom. The van der Waals surface area contributed by atoms with Crippen molar-refractivity contribution in [3.05, 3.63) is 23.8 Å². The zero-order chi connectivity index (χ0) is 24.8. The molecule has 3 atom stereocenters. The number of ether oxygens (including phenoxy) is 3. The smallest absolute Gasteiger partial charge is 0.257 e. The predicted molar refractivity (Wildman–Crippen MR) is 128 cm³/mol. The number of anilines is 1. The fourth-order valence-corrected chi connectivity index (χ4v) is 4.32. The van der Waals surface area contributed by atoms with Crippen LogP contribution in [0.5, 0.6) is 5.75 Å². The maximum absolute atomic E-state index is 13.3. The summed E-state index contributed by atoms with van der Waals surface area (Å²) in [6, 6.07) is 4.83. The van der Waals surface area contributed by atoms with E-state index in [2.05, 4.69) is 5.32 Å². The first-order valence-corrected chi connectivity index (χ1v) is 11.9. The lowest BCUT2D eigenvalue weighted by Crippen LogP contribution is -2.49. The standard InChI is InChI=1S/C25H37N3O6/c1-16-12-28(23(29)15-32-4)17(2)14-34-21-11-19(26-24(30)18-7-6-8-18)9-10-20(21)25(31)27(3)13-22(16)33-5/h9-11,16-18,22H,6-8,12-15H2,1-5H3,(H,26,30)/t16-,17+,22+/m0/s1. The Balaban J connectivity index is 1.91. The maximum Gasteiger partial charge on any atom is 0.257 e. The Morgan fingerprint density at radius 3 is 2.53 bits per heavy atom. The normalized spacial score (nSPS) is 24.3. The van der Waals surface area contributed by atoms with Crippen LogP contribution in [0, 0.1) is 11.8 Å². The van der Waals surface area contributed by atoms with E-state index in [-0.39, 0.29) is 54.9 Å². The third-order valence-electron chi connectivity index (χ3n) is 6.78. The molecule has 1 saturated carbocycles. The van der Waals surface area contributed by atoms with Crippen molar-refractivity contribution >= 4 is 23.4 Å². The van der Waals surface area contributed by atoms with Gasteiger partial charge in [-0.3, -0.25) is 14.4 Å². The highest BCUT2D eigenvalue weighted by Crippen LogP contribution is 2.30. The van der Waals surface area contributed by atoms with Gasteiger partial charge in [0.2, 0.25) is 11.8 Å². The lowest BCUT2D eigenvalue weighted by atomic mass is 9.85. The third kappa shape index (κ3) is 6.07. The fraction of sp³-hybridized carbons (Fsp3) is 0.640. The van der Waals surface area contributed by atoms with E-state index in [1.54, 1.807) is 42.2 Å². The van der Waals surface area contributed by atoms with E-state index in [9.17, 15) is 14.4 Å². The molecule has 1 aromatic carbocycles. The van der Waals surface area contributed by atoms with Crippen molar-refractivity contribution < 1.29 is 28.6 Å². The number of nitrogens with one attached hydrogen (secondary N) is 1. The molecule has 3 rings (SSSR count). The first-order chi connectivity index (χ1) is 16.2. The Hall–Kier alpha value is -2.65. The van der Waals surface area contributed by atoms with Crippen LogP contribution < -0.4 is 10.1 Å². The van der Waals surface area contributed by atoms with E-state index in [0.29, 0.717) is 30.1 Å². The molecule has 3 amide bonds. The van der Waals surface area contributed by atoms with Gasteiger partial charge in [-0.2, -0.15) is 0 Å². The summed E-state index contributed by atoms with van der Waals surface area (Å²) in [6.07, 6.45) is 2.62. The Labute approximate surface area is 201 Å². The van der Waals surface area contributed by atoms with Crippen LogP contribution in [0.2, 0.25) is 0 Å². The molecule has 0 saturated heterocycles. The van der Waals surface area contributed by atoms with Crippen LogP contribution in [0.1, 0.15) is 43.5 Å². The minimum absolute atomic E-state index is 0.00979.